The van der Waals surface area contributed by atoms with E-state index in [0.717, 1.165) is 0 Å². The van der Waals surface area contributed by atoms with Gasteiger partial charge in [0.05, 0.1) is 160 Å². The lowest BCUT2D eigenvalue weighted by molar-refractivity contribution is -0.360. The molecule has 0 unspecified atom stereocenters. The standard InChI is InChI=1S/C60H91Cl3N18O30/c1-59(110-57-49(92)45(88)39(62)37(18-82)106-57)53(96)43(86)35(108-59)16-80-12-30(69-75-80)22-100-20-29-11-79(74-68-29)15-34-42(85)48(91)52(95)56(105-34)103-25-32-9-77(72-71-32)3-5-99-7-6-98-4-2-65-8-27(66-64)24-102-55-51(94)47(90)41(84)33(104-55)14-78-10-28(67-73-78)21-101-23-31-13-81(76-70-31)17-36-44(87)54(97)60(26-61,109-36)111-58-50(93)46(89)40(63)38(19-83)107-58/h8-13,33-58,64-65,82-97H,2-7,14-26H2,1H3/b27-8-,66-64?/t33-,34-,35-,36-,37-,38-,39+,40+,41-,42-,43-,44-,45+,46+,47+,48+,49-,50-,51+,52+,53+,54+,55+,56+,57-,58-,59+,60+/m1/s1. The van der Waals surface area contributed by atoms with Crippen LogP contribution in [0.4, 0.5) is 0 Å². The highest BCUT2D eigenvalue weighted by Gasteiger charge is 2.60. The third-order valence-corrected chi connectivity index (χ3v) is 20.2. The summed E-state index contributed by atoms with van der Waals surface area (Å²) in [6.45, 7) is 0.245. The van der Waals surface area contributed by atoms with E-state index in [1.165, 1.54) is 61.3 Å². The Hall–Kier alpha value is -5.49. The van der Waals surface area contributed by atoms with Crippen LogP contribution in [0.2, 0.25) is 0 Å². The second-order valence-electron chi connectivity index (χ2n) is 26.9. The van der Waals surface area contributed by atoms with Crippen LogP contribution in [0.3, 0.4) is 0 Å². The molecule has 6 aliphatic heterocycles. The topological polar surface area (TPSA) is 655 Å². The number of aliphatic hydroxyl groups excluding tert-OH is 16. The first kappa shape index (κ1) is 86.4. The van der Waals surface area contributed by atoms with Crippen LogP contribution in [0, 0.1) is 5.53 Å². The van der Waals surface area contributed by atoms with Crippen LogP contribution in [0.5, 0.6) is 0 Å². The zero-order valence-electron chi connectivity index (χ0n) is 59.1. The summed E-state index contributed by atoms with van der Waals surface area (Å²) in [5, 5.41) is 214. The highest BCUT2D eigenvalue weighted by atomic mass is 35.5. The maximum absolute atomic E-state index is 11.0. The highest BCUT2D eigenvalue weighted by Crippen LogP contribution is 2.40. The van der Waals surface area contributed by atoms with Crippen molar-refractivity contribution in [1.82, 2.24) is 80.3 Å². The van der Waals surface area contributed by atoms with Gasteiger partial charge in [-0.2, -0.15) is 5.11 Å². The molecular weight excluding hydrogens is 1560 g/mol. The largest absolute Gasteiger partial charge is 0.394 e. The van der Waals surface area contributed by atoms with E-state index in [1.807, 2.05) is 0 Å². The molecular formula is C60H91Cl3N18O30. The van der Waals surface area contributed by atoms with E-state index < -0.39 is 189 Å². The number of halogens is 3. The van der Waals surface area contributed by atoms with Crippen LogP contribution in [0.15, 0.2) is 48.0 Å². The zero-order chi connectivity index (χ0) is 79.4. The second kappa shape index (κ2) is 39.4. The summed E-state index contributed by atoms with van der Waals surface area (Å²) < 4.78 is 86.9. The molecule has 11 rings (SSSR count). The lowest BCUT2D eigenvalue weighted by Crippen LogP contribution is -2.61. The third-order valence-electron chi connectivity index (χ3n) is 18.7. The van der Waals surface area contributed by atoms with Crippen LogP contribution >= 0.6 is 34.8 Å². The Balaban J connectivity index is 0.524. The first-order valence-corrected chi connectivity index (χ1v) is 36.3. The number of hydrogen-bond acceptors (Lipinski definition) is 43. The number of alkyl halides is 3. The molecule has 28 atom stereocenters. The summed E-state index contributed by atoms with van der Waals surface area (Å²) in [5.41, 5.74) is 9.48. The van der Waals surface area contributed by atoms with E-state index in [1.54, 1.807) is 6.20 Å². The Morgan fingerprint density at radius 2 is 0.874 bits per heavy atom. The Morgan fingerprint density at radius 1 is 0.468 bits per heavy atom. The van der Waals surface area contributed by atoms with Gasteiger partial charge in [0.1, 0.15) is 156 Å². The molecule has 0 aliphatic carbocycles. The number of rotatable bonds is 40. The molecule has 5 aromatic heterocycles. The summed E-state index contributed by atoms with van der Waals surface area (Å²) in [7, 11) is 0. The van der Waals surface area contributed by atoms with Crippen molar-refractivity contribution in [3.05, 3.63) is 71.4 Å². The van der Waals surface area contributed by atoms with Gasteiger partial charge in [-0.15, -0.1) is 60.3 Å². The Kier molecular flexibility index (Phi) is 30.7. The molecule has 0 radical (unpaired) electrons. The van der Waals surface area contributed by atoms with Gasteiger partial charge >= 0.3 is 0 Å². The first-order valence-electron chi connectivity index (χ1n) is 34.9. The predicted molar refractivity (Wildman–Crippen MR) is 357 cm³/mol. The van der Waals surface area contributed by atoms with Crippen LogP contribution in [0.1, 0.15) is 35.4 Å². The molecule has 0 spiro atoms. The number of hydrogen-bond donors (Lipinski definition) is 18. The molecule has 5 aromatic rings. The maximum atomic E-state index is 11.0. The van der Waals surface area contributed by atoms with Gasteiger partial charge in [0, 0.05) is 12.7 Å². The smallest absolute Gasteiger partial charge is 0.214 e. The fraction of sp³-hybridized carbons (Fsp3) is 0.800. The normalized spacial score (nSPS) is 36.8. The molecule has 6 saturated heterocycles. The number of nitrogens with zero attached hydrogens (tertiary/aromatic N) is 16. The first-order chi connectivity index (χ1) is 53.2. The molecule has 51 heteroatoms. The minimum Gasteiger partial charge on any atom is -0.394 e. The van der Waals surface area contributed by atoms with Gasteiger partial charge in [0.15, 0.2) is 30.9 Å². The molecule has 111 heavy (non-hydrogen) atoms. The summed E-state index contributed by atoms with van der Waals surface area (Å²) in [6, 6.07) is 0. The number of ether oxygens (including phenoxy) is 14. The lowest BCUT2D eigenvalue weighted by Gasteiger charge is -2.43. The molecule has 48 nitrogen and oxygen atoms in total. The molecule has 6 fully saturated rings. The summed E-state index contributed by atoms with van der Waals surface area (Å²) in [6.07, 6.45) is -26.7. The third kappa shape index (κ3) is 21.2. The fourth-order valence-corrected chi connectivity index (χ4v) is 13.4. The van der Waals surface area contributed by atoms with Gasteiger partial charge in [-0.05, 0) is 6.92 Å². The number of aromatic nitrogens is 15. The van der Waals surface area contributed by atoms with E-state index in [-0.39, 0.29) is 104 Å². The molecule has 18 N–H and O–H groups in total. The Labute approximate surface area is 643 Å². The van der Waals surface area contributed by atoms with Gasteiger partial charge in [-0.1, -0.05) is 26.1 Å². The van der Waals surface area contributed by atoms with Gasteiger partial charge in [-0.25, -0.2) is 28.9 Å². The van der Waals surface area contributed by atoms with E-state index in [0.29, 0.717) is 35.0 Å². The van der Waals surface area contributed by atoms with Crippen LogP contribution in [-0.2, 0) is 132 Å². The second-order valence-corrected chi connectivity index (χ2v) is 28.2. The average molecular weight is 1650 g/mol. The average Bonchev–Trinajstić information content (AvgIpc) is 1.63. The van der Waals surface area contributed by atoms with Crippen LogP contribution < -0.4 is 5.32 Å². The minimum absolute atomic E-state index is 0.0463. The van der Waals surface area contributed by atoms with E-state index in [9.17, 15) is 81.7 Å². The lowest BCUT2D eigenvalue weighted by atomic mass is 9.99. The quantitative estimate of drug-likeness (QED) is 0.00984. The monoisotopic (exact) mass is 1650 g/mol. The number of nitrogens with one attached hydrogen (secondary N) is 2. The number of aliphatic hydroxyl groups is 16. The van der Waals surface area contributed by atoms with Crippen molar-refractivity contribution in [2.75, 3.05) is 58.7 Å². The molecule has 0 aromatic carbocycles. The molecule has 0 bridgehead atoms. The molecule has 11 heterocycles. The highest BCUT2D eigenvalue weighted by molar-refractivity contribution is 6.21. The molecule has 622 valence electrons. The fourth-order valence-electron chi connectivity index (χ4n) is 12.5. The molecule has 0 amide bonds. The molecule has 6 aliphatic rings. The minimum atomic E-state index is -2.12. The van der Waals surface area contributed by atoms with Crippen molar-refractivity contribution < 1.29 is 148 Å². The summed E-state index contributed by atoms with van der Waals surface area (Å²) >= 11 is 18.3. The molecule has 0 saturated carbocycles. The Morgan fingerprint density at radius 3 is 1.35 bits per heavy atom. The maximum Gasteiger partial charge on any atom is 0.214 e. The van der Waals surface area contributed by atoms with Crippen LogP contribution in [0.25, 0.3) is 0 Å². The zero-order valence-corrected chi connectivity index (χ0v) is 61.3. The van der Waals surface area contributed by atoms with E-state index in [2.05, 4.69) is 62.0 Å². The SMILES string of the molecule is C[C@@]1(O[C@H]2O[C@H](CO)[C@H](Cl)[C@H](O)[C@H]2O)O[C@H](Cn2cc(COCc3cn(C[C@H]4O[C@H](OCc5cn(CCOCCOCCN/C=C(/CO[C@H]6O[C@H](Cn7cc(COCc8cn(C[C@H]9O[C@@](CCl)(O[C@H]%10O[C@H](CO)[C@H](Cl)[C@H](O)[C@H]%10O)[C@@H](O)[C@@H]9O)nn8)nn7)[C@@H](O)[C@H](O)[C@@H]6O)N=N)nn5)[C@@H](O)[C@@H](O)[C@@H]4O)nn3)nn2)[C@@H](O)[C@@H]1O. The van der Waals surface area contributed by atoms with E-state index in [4.69, 9.17) is 107 Å². The van der Waals surface area contributed by atoms with Crippen molar-refractivity contribution in [2.24, 2.45) is 5.11 Å². The summed E-state index contributed by atoms with van der Waals surface area (Å²) in [4.78, 5) is 0. The van der Waals surface area contributed by atoms with Crippen LogP contribution in [-0.4, -0.2) is 385 Å². The van der Waals surface area contributed by atoms with Crippen molar-refractivity contribution in [2.45, 2.75) is 242 Å². The predicted octanol–water partition coefficient (Wildman–Crippen LogP) is -9.86. The van der Waals surface area contributed by atoms with Gasteiger partial charge in [0.25, 0.3) is 0 Å². The van der Waals surface area contributed by atoms with Crippen molar-refractivity contribution in [3.63, 3.8) is 0 Å². The van der Waals surface area contributed by atoms with Crippen molar-refractivity contribution in [1.29, 1.82) is 5.53 Å². The van der Waals surface area contributed by atoms with E-state index >= 15 is 0 Å². The van der Waals surface area contributed by atoms with Crippen molar-refractivity contribution in [3.8, 4) is 0 Å². The van der Waals surface area contributed by atoms with Crippen molar-refractivity contribution >= 4 is 34.8 Å². The summed E-state index contributed by atoms with van der Waals surface area (Å²) in [5.74, 6) is -4.61. The van der Waals surface area contributed by atoms with Gasteiger partial charge in [0.2, 0.25) is 5.79 Å². The van der Waals surface area contributed by atoms with Gasteiger partial charge in [-0.3, -0.25) is 0 Å². The Bertz CT molecular complexity index is 3710. The van der Waals surface area contributed by atoms with Gasteiger partial charge < -0.3 is 153 Å².